The van der Waals surface area contributed by atoms with E-state index in [-0.39, 0.29) is 22.9 Å². The molecule has 1 aromatic carbocycles. The Morgan fingerprint density at radius 1 is 1.35 bits per heavy atom. The van der Waals surface area contributed by atoms with Crippen molar-refractivity contribution in [2.24, 2.45) is 0 Å². The topological polar surface area (TPSA) is 84.5 Å². The van der Waals surface area contributed by atoms with Crippen molar-refractivity contribution in [3.8, 4) is 5.75 Å². The number of hydrogen-bond acceptors (Lipinski definition) is 5. The van der Waals surface area contributed by atoms with Crippen LogP contribution < -0.4 is 14.8 Å². The Kier molecular flexibility index (Phi) is 5.69. The SMILES string of the molecule is COc1cc(F)ccc1NC(=O)CCNS(=O)(=O)c1cccs1. The van der Waals surface area contributed by atoms with Gasteiger partial charge in [-0.25, -0.2) is 17.5 Å². The second kappa shape index (κ2) is 7.53. The molecule has 6 nitrogen and oxygen atoms in total. The summed E-state index contributed by atoms with van der Waals surface area (Å²) < 4.78 is 44.3. The summed E-state index contributed by atoms with van der Waals surface area (Å²) in [6.45, 7) is -0.0461. The van der Waals surface area contributed by atoms with Crippen LogP contribution in [-0.2, 0) is 14.8 Å². The lowest BCUT2D eigenvalue weighted by atomic mass is 10.2. The Bertz CT molecular complexity index is 776. The monoisotopic (exact) mass is 358 g/mol. The first-order valence-electron chi connectivity index (χ1n) is 6.59. The van der Waals surface area contributed by atoms with Gasteiger partial charge in [0.25, 0.3) is 0 Å². The summed E-state index contributed by atoms with van der Waals surface area (Å²) in [6, 6.07) is 6.83. The van der Waals surface area contributed by atoms with Gasteiger partial charge < -0.3 is 10.1 Å². The fourth-order valence-corrected chi connectivity index (χ4v) is 3.84. The van der Waals surface area contributed by atoms with Crippen LogP contribution in [0.1, 0.15) is 6.42 Å². The number of ether oxygens (including phenoxy) is 1. The maximum Gasteiger partial charge on any atom is 0.250 e. The highest BCUT2D eigenvalue weighted by atomic mass is 32.2. The second-order valence-corrected chi connectivity index (χ2v) is 7.41. The zero-order chi connectivity index (χ0) is 16.9. The van der Waals surface area contributed by atoms with Gasteiger partial charge in [-0.2, -0.15) is 0 Å². The van der Waals surface area contributed by atoms with E-state index < -0.39 is 21.7 Å². The molecule has 124 valence electrons. The molecule has 1 heterocycles. The normalized spacial score (nSPS) is 11.2. The van der Waals surface area contributed by atoms with E-state index in [4.69, 9.17) is 4.74 Å². The van der Waals surface area contributed by atoms with Gasteiger partial charge in [-0.3, -0.25) is 4.79 Å². The number of nitrogens with one attached hydrogen (secondary N) is 2. The summed E-state index contributed by atoms with van der Waals surface area (Å²) in [7, 11) is -2.23. The zero-order valence-corrected chi connectivity index (χ0v) is 13.8. The number of benzene rings is 1. The average Bonchev–Trinajstić information content (AvgIpc) is 3.04. The predicted octanol–water partition coefficient (Wildman–Crippen LogP) is 2.20. The largest absolute Gasteiger partial charge is 0.494 e. The number of sulfonamides is 1. The predicted molar refractivity (Wildman–Crippen MR) is 85.7 cm³/mol. The quantitative estimate of drug-likeness (QED) is 0.795. The molecule has 0 aliphatic carbocycles. The first-order valence-corrected chi connectivity index (χ1v) is 8.95. The maximum absolute atomic E-state index is 13.1. The number of methoxy groups -OCH3 is 1. The van der Waals surface area contributed by atoms with Crippen LogP contribution in [0.15, 0.2) is 39.9 Å². The molecule has 2 N–H and O–H groups in total. The summed E-state index contributed by atoms with van der Waals surface area (Å²) in [6.07, 6.45) is -0.0643. The van der Waals surface area contributed by atoms with Crippen LogP contribution in [0.25, 0.3) is 0 Å². The van der Waals surface area contributed by atoms with E-state index in [1.807, 2.05) is 0 Å². The van der Waals surface area contributed by atoms with Crippen LogP contribution in [0, 0.1) is 5.82 Å². The van der Waals surface area contributed by atoms with Gasteiger partial charge >= 0.3 is 0 Å². The van der Waals surface area contributed by atoms with Crippen molar-refractivity contribution < 1.29 is 22.3 Å². The lowest BCUT2D eigenvalue weighted by Gasteiger charge is -2.10. The Morgan fingerprint density at radius 3 is 2.78 bits per heavy atom. The van der Waals surface area contributed by atoms with Crippen LogP contribution in [0.4, 0.5) is 10.1 Å². The van der Waals surface area contributed by atoms with Crippen LogP contribution in [-0.4, -0.2) is 28.0 Å². The number of hydrogen-bond donors (Lipinski definition) is 2. The van der Waals surface area contributed by atoms with Gasteiger partial charge in [0.15, 0.2) is 0 Å². The van der Waals surface area contributed by atoms with Gasteiger partial charge in [0, 0.05) is 19.0 Å². The molecule has 0 fully saturated rings. The van der Waals surface area contributed by atoms with Gasteiger partial charge in [-0.1, -0.05) is 6.07 Å². The summed E-state index contributed by atoms with van der Waals surface area (Å²) in [5.74, 6) is -0.704. The molecule has 0 saturated heterocycles. The van der Waals surface area contributed by atoms with Crippen molar-refractivity contribution in [2.75, 3.05) is 19.0 Å². The van der Waals surface area contributed by atoms with E-state index in [1.165, 1.54) is 25.3 Å². The van der Waals surface area contributed by atoms with Gasteiger partial charge in [0.05, 0.1) is 12.8 Å². The van der Waals surface area contributed by atoms with E-state index >= 15 is 0 Å². The highest BCUT2D eigenvalue weighted by Gasteiger charge is 2.15. The fraction of sp³-hybridized carbons (Fsp3) is 0.214. The molecule has 2 aromatic rings. The number of rotatable bonds is 7. The number of carbonyl (C=O) groups is 1. The molecule has 0 spiro atoms. The first-order chi connectivity index (χ1) is 10.9. The molecule has 1 amide bonds. The summed E-state index contributed by atoms with van der Waals surface area (Å²) in [5.41, 5.74) is 0.319. The molecule has 1 aromatic heterocycles. The van der Waals surface area contributed by atoms with E-state index in [0.717, 1.165) is 17.4 Å². The fourth-order valence-electron chi connectivity index (χ4n) is 1.77. The third-order valence-corrected chi connectivity index (χ3v) is 5.70. The van der Waals surface area contributed by atoms with E-state index in [9.17, 15) is 17.6 Å². The van der Waals surface area contributed by atoms with Gasteiger partial charge in [-0.15, -0.1) is 11.3 Å². The molecule has 23 heavy (non-hydrogen) atoms. The number of thiophene rings is 1. The van der Waals surface area contributed by atoms with E-state index in [0.29, 0.717) is 5.69 Å². The van der Waals surface area contributed by atoms with Gasteiger partial charge in [-0.05, 0) is 23.6 Å². The Morgan fingerprint density at radius 2 is 2.13 bits per heavy atom. The molecular weight excluding hydrogens is 343 g/mol. The van der Waals surface area contributed by atoms with Crippen molar-refractivity contribution in [1.82, 2.24) is 4.72 Å². The molecular formula is C14H15FN2O4S2. The first kappa shape index (κ1) is 17.4. The average molecular weight is 358 g/mol. The van der Waals surface area contributed by atoms with Gasteiger partial charge in [0.1, 0.15) is 15.8 Å². The Hall–Kier alpha value is -1.97. The maximum atomic E-state index is 13.1. The third-order valence-electron chi connectivity index (χ3n) is 2.84. The zero-order valence-electron chi connectivity index (χ0n) is 12.2. The Balaban J connectivity index is 1.89. The van der Waals surface area contributed by atoms with Crippen LogP contribution in [0.2, 0.25) is 0 Å². The summed E-state index contributed by atoms with van der Waals surface area (Å²) in [5, 5.41) is 4.20. The molecule has 0 unspecified atom stereocenters. The van der Waals surface area contributed by atoms with Crippen LogP contribution >= 0.6 is 11.3 Å². The third kappa shape index (κ3) is 4.75. The molecule has 0 radical (unpaired) electrons. The number of anilines is 1. The second-order valence-electron chi connectivity index (χ2n) is 4.47. The van der Waals surface area contributed by atoms with E-state index in [1.54, 1.807) is 11.4 Å². The molecule has 0 aliphatic rings. The summed E-state index contributed by atoms with van der Waals surface area (Å²) in [4.78, 5) is 11.8. The van der Waals surface area contributed by atoms with Crippen molar-refractivity contribution in [2.45, 2.75) is 10.6 Å². The number of carbonyl (C=O) groups excluding carboxylic acids is 1. The highest BCUT2D eigenvalue weighted by molar-refractivity contribution is 7.91. The molecule has 2 rings (SSSR count). The minimum atomic E-state index is -3.59. The van der Waals surface area contributed by atoms with Crippen LogP contribution in [0.5, 0.6) is 5.75 Å². The van der Waals surface area contributed by atoms with Crippen molar-refractivity contribution >= 4 is 33.0 Å². The molecule has 9 heteroatoms. The highest BCUT2D eigenvalue weighted by Crippen LogP contribution is 2.25. The minimum Gasteiger partial charge on any atom is -0.494 e. The number of halogens is 1. The smallest absolute Gasteiger partial charge is 0.250 e. The Labute approximate surface area is 137 Å². The lowest BCUT2D eigenvalue weighted by Crippen LogP contribution is -2.27. The van der Waals surface area contributed by atoms with E-state index in [2.05, 4.69) is 10.0 Å². The molecule has 0 aliphatic heterocycles. The molecule has 0 bridgehead atoms. The number of amides is 1. The van der Waals surface area contributed by atoms with Crippen molar-refractivity contribution in [3.05, 3.63) is 41.5 Å². The standard InChI is InChI=1S/C14H15FN2O4S2/c1-21-12-9-10(15)4-5-11(12)17-13(18)6-7-16-23(19,20)14-3-2-8-22-14/h2-5,8-9,16H,6-7H2,1H3,(H,17,18). The van der Waals surface area contributed by atoms with Crippen LogP contribution in [0.3, 0.4) is 0 Å². The van der Waals surface area contributed by atoms with Crippen molar-refractivity contribution in [3.63, 3.8) is 0 Å². The lowest BCUT2D eigenvalue weighted by molar-refractivity contribution is -0.116. The summed E-state index contributed by atoms with van der Waals surface area (Å²) >= 11 is 1.09. The molecule has 0 atom stereocenters. The minimum absolute atomic E-state index is 0.0461. The molecule has 0 saturated carbocycles. The van der Waals surface area contributed by atoms with Gasteiger partial charge in [0.2, 0.25) is 15.9 Å². The van der Waals surface area contributed by atoms with Crippen molar-refractivity contribution in [1.29, 1.82) is 0 Å².